The highest BCUT2D eigenvalue weighted by Crippen LogP contribution is 2.47. The first kappa shape index (κ1) is 19.2. The second-order valence-electron chi connectivity index (χ2n) is 7.49. The Morgan fingerprint density at radius 3 is 2.70 bits per heavy atom. The van der Waals surface area contributed by atoms with Gasteiger partial charge in [-0.3, -0.25) is 14.2 Å². The summed E-state index contributed by atoms with van der Waals surface area (Å²) in [5.74, 6) is 0.361. The summed E-state index contributed by atoms with van der Waals surface area (Å²) in [5, 5.41) is 3.65. The fourth-order valence-corrected chi connectivity index (χ4v) is 4.49. The Hall–Kier alpha value is -2.77. The minimum absolute atomic E-state index is 0.204. The number of carbonyl (C=O) groups excluding carboxylic acids is 1. The number of nitrogens with one attached hydrogen (secondary N) is 1. The molecule has 0 unspecified atom stereocenters. The van der Waals surface area contributed by atoms with Gasteiger partial charge in [-0.15, -0.1) is 0 Å². The molecular formula is C21H17Cl2N3O4. The van der Waals surface area contributed by atoms with E-state index >= 15 is 0 Å². The lowest BCUT2D eigenvalue weighted by atomic mass is 10.2. The van der Waals surface area contributed by atoms with E-state index in [1.54, 1.807) is 18.2 Å². The molecular weight excluding hydrogens is 429 g/mol. The number of ether oxygens (including phenoxy) is 2. The van der Waals surface area contributed by atoms with Gasteiger partial charge in [-0.05, 0) is 37.1 Å². The Kier molecular flexibility index (Phi) is 4.60. The van der Waals surface area contributed by atoms with E-state index in [2.05, 4.69) is 10.3 Å². The average Bonchev–Trinajstić information content (AvgIpc) is 3.30. The van der Waals surface area contributed by atoms with Crippen molar-refractivity contribution in [3.8, 4) is 11.5 Å². The van der Waals surface area contributed by atoms with E-state index in [-0.39, 0.29) is 22.9 Å². The SMILES string of the molecule is O=C(Cn1cnc2c(Cl)cc(Cl)cc2c1=O)Nc1ccc2c(c1)OC1(CCCC1)O2. The molecule has 1 spiro atoms. The lowest BCUT2D eigenvalue weighted by Gasteiger charge is -2.21. The third kappa shape index (κ3) is 3.38. The number of amides is 1. The summed E-state index contributed by atoms with van der Waals surface area (Å²) in [6.45, 7) is -0.204. The van der Waals surface area contributed by atoms with Gasteiger partial charge < -0.3 is 14.8 Å². The highest BCUT2D eigenvalue weighted by Gasteiger charge is 2.44. The minimum atomic E-state index is -0.558. The Balaban J connectivity index is 1.34. The van der Waals surface area contributed by atoms with Crippen molar-refractivity contribution < 1.29 is 14.3 Å². The van der Waals surface area contributed by atoms with Crippen LogP contribution in [0.25, 0.3) is 10.9 Å². The fraction of sp³-hybridized carbons (Fsp3) is 0.286. The molecule has 1 saturated carbocycles. The van der Waals surface area contributed by atoms with Crippen molar-refractivity contribution in [1.82, 2.24) is 9.55 Å². The quantitative estimate of drug-likeness (QED) is 0.646. The molecule has 1 fully saturated rings. The van der Waals surface area contributed by atoms with E-state index in [0.29, 0.717) is 27.7 Å². The largest absolute Gasteiger partial charge is 0.448 e. The summed E-state index contributed by atoms with van der Waals surface area (Å²) in [7, 11) is 0. The van der Waals surface area contributed by atoms with Gasteiger partial charge >= 0.3 is 0 Å². The summed E-state index contributed by atoms with van der Waals surface area (Å²) in [4.78, 5) is 29.4. The maximum Gasteiger partial charge on any atom is 0.261 e. The summed E-state index contributed by atoms with van der Waals surface area (Å²) < 4.78 is 13.2. The van der Waals surface area contributed by atoms with Crippen LogP contribution in [0.5, 0.6) is 11.5 Å². The second-order valence-corrected chi connectivity index (χ2v) is 8.34. The van der Waals surface area contributed by atoms with Crippen molar-refractivity contribution in [2.24, 2.45) is 0 Å². The zero-order chi connectivity index (χ0) is 20.9. The first-order valence-electron chi connectivity index (χ1n) is 9.59. The summed E-state index contributed by atoms with van der Waals surface area (Å²) in [6.07, 6.45) is 5.16. The molecule has 3 aromatic rings. The number of halogens is 2. The van der Waals surface area contributed by atoms with E-state index in [1.807, 2.05) is 0 Å². The summed E-state index contributed by atoms with van der Waals surface area (Å²) >= 11 is 12.1. The van der Waals surface area contributed by atoms with Crippen LogP contribution < -0.4 is 20.3 Å². The number of benzene rings is 2. The molecule has 1 amide bonds. The number of aromatic nitrogens is 2. The molecule has 1 aromatic heterocycles. The van der Waals surface area contributed by atoms with E-state index in [0.717, 1.165) is 25.7 Å². The molecule has 2 aliphatic rings. The summed E-state index contributed by atoms with van der Waals surface area (Å²) in [5.41, 5.74) is 0.512. The van der Waals surface area contributed by atoms with Crippen molar-refractivity contribution in [1.29, 1.82) is 0 Å². The maximum absolute atomic E-state index is 12.7. The molecule has 0 bridgehead atoms. The van der Waals surface area contributed by atoms with Crippen LogP contribution in [0.15, 0.2) is 41.5 Å². The molecule has 0 saturated heterocycles. The summed E-state index contributed by atoms with van der Waals surface area (Å²) in [6, 6.07) is 8.27. The van der Waals surface area contributed by atoms with E-state index < -0.39 is 11.3 Å². The van der Waals surface area contributed by atoms with Gasteiger partial charge in [0, 0.05) is 29.6 Å². The van der Waals surface area contributed by atoms with Crippen LogP contribution in [-0.2, 0) is 11.3 Å². The second kappa shape index (κ2) is 7.18. The zero-order valence-corrected chi connectivity index (χ0v) is 17.3. The molecule has 2 aromatic carbocycles. The Labute approximate surface area is 181 Å². The molecule has 1 aliphatic carbocycles. The number of anilines is 1. The van der Waals surface area contributed by atoms with Gasteiger partial charge in [0.05, 0.1) is 22.3 Å². The molecule has 2 heterocycles. The van der Waals surface area contributed by atoms with E-state index in [4.69, 9.17) is 32.7 Å². The smallest absolute Gasteiger partial charge is 0.261 e. The van der Waals surface area contributed by atoms with Gasteiger partial charge in [0.25, 0.3) is 11.3 Å². The van der Waals surface area contributed by atoms with Crippen molar-refractivity contribution >= 4 is 45.7 Å². The standard InChI is InChI=1S/C21H17Cl2N3O4/c22-12-7-14-19(15(23)8-12)24-11-26(20(14)28)10-18(27)25-13-3-4-16-17(9-13)30-21(29-16)5-1-2-6-21/h3-4,7-9,11H,1-2,5-6,10H2,(H,25,27). The van der Waals surface area contributed by atoms with Crippen LogP contribution in [-0.4, -0.2) is 21.2 Å². The van der Waals surface area contributed by atoms with Gasteiger partial charge in [-0.25, -0.2) is 4.98 Å². The molecule has 5 rings (SSSR count). The number of carbonyl (C=O) groups is 1. The number of rotatable bonds is 3. The number of hydrogen-bond acceptors (Lipinski definition) is 5. The van der Waals surface area contributed by atoms with Crippen LogP contribution >= 0.6 is 23.2 Å². The number of fused-ring (bicyclic) bond motifs is 2. The maximum atomic E-state index is 12.7. The zero-order valence-electron chi connectivity index (χ0n) is 15.8. The predicted molar refractivity (Wildman–Crippen MR) is 114 cm³/mol. The third-order valence-electron chi connectivity index (χ3n) is 5.34. The molecule has 0 radical (unpaired) electrons. The highest BCUT2D eigenvalue weighted by molar-refractivity contribution is 6.38. The topological polar surface area (TPSA) is 82.5 Å². The Morgan fingerprint density at radius 1 is 1.13 bits per heavy atom. The third-order valence-corrected chi connectivity index (χ3v) is 5.85. The Bertz CT molecular complexity index is 1230. The number of nitrogens with zero attached hydrogens (tertiary/aromatic N) is 2. The molecule has 30 heavy (non-hydrogen) atoms. The van der Waals surface area contributed by atoms with Crippen molar-refractivity contribution in [3.63, 3.8) is 0 Å². The molecule has 0 atom stereocenters. The molecule has 7 nitrogen and oxygen atoms in total. The van der Waals surface area contributed by atoms with E-state index in [1.165, 1.54) is 23.0 Å². The van der Waals surface area contributed by atoms with Crippen molar-refractivity contribution in [3.05, 3.63) is 57.1 Å². The molecule has 154 valence electrons. The molecule has 1 N–H and O–H groups in total. The van der Waals surface area contributed by atoms with Crippen LogP contribution in [0, 0.1) is 0 Å². The molecule has 9 heteroatoms. The van der Waals surface area contributed by atoms with Gasteiger partial charge in [0.15, 0.2) is 11.5 Å². The van der Waals surface area contributed by atoms with Crippen LogP contribution in [0.4, 0.5) is 5.69 Å². The van der Waals surface area contributed by atoms with Gasteiger partial charge in [0.1, 0.15) is 6.54 Å². The minimum Gasteiger partial charge on any atom is -0.448 e. The number of hydrogen-bond donors (Lipinski definition) is 1. The normalized spacial score (nSPS) is 16.3. The van der Waals surface area contributed by atoms with Crippen LogP contribution in [0.1, 0.15) is 25.7 Å². The van der Waals surface area contributed by atoms with E-state index in [9.17, 15) is 9.59 Å². The van der Waals surface area contributed by atoms with Gasteiger partial charge in [-0.1, -0.05) is 23.2 Å². The first-order chi connectivity index (χ1) is 14.4. The van der Waals surface area contributed by atoms with Crippen LogP contribution in [0.2, 0.25) is 10.0 Å². The fourth-order valence-electron chi connectivity index (χ4n) is 3.95. The van der Waals surface area contributed by atoms with Gasteiger partial charge in [0.2, 0.25) is 5.91 Å². The Morgan fingerprint density at radius 2 is 1.90 bits per heavy atom. The van der Waals surface area contributed by atoms with Crippen molar-refractivity contribution in [2.75, 3.05) is 5.32 Å². The predicted octanol–water partition coefficient (Wildman–Crippen LogP) is 4.38. The monoisotopic (exact) mass is 445 g/mol. The lowest BCUT2D eigenvalue weighted by Crippen LogP contribution is -2.34. The molecule has 1 aliphatic heterocycles. The van der Waals surface area contributed by atoms with Crippen LogP contribution in [0.3, 0.4) is 0 Å². The lowest BCUT2D eigenvalue weighted by molar-refractivity contribution is -0.116. The first-order valence-corrected chi connectivity index (χ1v) is 10.3. The average molecular weight is 446 g/mol. The van der Waals surface area contributed by atoms with Crippen molar-refractivity contribution in [2.45, 2.75) is 38.0 Å². The highest BCUT2D eigenvalue weighted by atomic mass is 35.5. The van der Waals surface area contributed by atoms with Gasteiger partial charge in [-0.2, -0.15) is 0 Å².